The van der Waals surface area contributed by atoms with Crippen molar-refractivity contribution >= 4 is 22.8 Å². The van der Waals surface area contributed by atoms with Gasteiger partial charge in [0.1, 0.15) is 11.3 Å². The normalized spacial score (nSPS) is 20.9. The highest BCUT2D eigenvalue weighted by molar-refractivity contribution is 5.94. The zero-order valence-electron chi connectivity index (χ0n) is 13.3. The molecule has 2 aromatic rings. The Bertz CT molecular complexity index is 767. The van der Waals surface area contributed by atoms with Crippen molar-refractivity contribution in [2.45, 2.75) is 31.7 Å². The third kappa shape index (κ3) is 2.44. The molecule has 1 saturated heterocycles. The third-order valence-corrected chi connectivity index (χ3v) is 4.71. The van der Waals surface area contributed by atoms with Crippen molar-refractivity contribution in [1.29, 1.82) is 0 Å². The Hall–Kier alpha value is -2.50. The first-order chi connectivity index (χ1) is 11.0. The molecule has 1 aromatic carbocycles. The van der Waals surface area contributed by atoms with Gasteiger partial charge in [0.2, 0.25) is 5.91 Å². The molecule has 6 nitrogen and oxygen atoms in total. The SMILES string of the molecule is COc1cccc2[nH]cc(CC(=O)N3CCCC3(C)C(=O)O)c12. The second kappa shape index (κ2) is 5.61. The van der Waals surface area contributed by atoms with Gasteiger partial charge in [-0.25, -0.2) is 4.79 Å². The van der Waals surface area contributed by atoms with Crippen LogP contribution in [0.1, 0.15) is 25.3 Å². The van der Waals surface area contributed by atoms with Crippen LogP contribution in [0, 0.1) is 0 Å². The number of carbonyl (C=O) groups excluding carboxylic acids is 1. The van der Waals surface area contributed by atoms with E-state index in [-0.39, 0.29) is 12.3 Å². The number of aromatic nitrogens is 1. The molecule has 2 heterocycles. The average molecular weight is 316 g/mol. The number of carboxylic acids is 1. The molecule has 0 bridgehead atoms. The quantitative estimate of drug-likeness (QED) is 0.906. The van der Waals surface area contributed by atoms with E-state index in [1.807, 2.05) is 18.2 Å². The molecular weight excluding hydrogens is 296 g/mol. The Balaban J connectivity index is 1.91. The number of methoxy groups -OCH3 is 1. The summed E-state index contributed by atoms with van der Waals surface area (Å²) in [6, 6.07) is 5.65. The van der Waals surface area contributed by atoms with Gasteiger partial charge in [-0.1, -0.05) is 6.07 Å². The molecule has 0 saturated carbocycles. The van der Waals surface area contributed by atoms with Gasteiger partial charge in [-0.15, -0.1) is 0 Å². The molecule has 1 aromatic heterocycles. The predicted molar refractivity (Wildman–Crippen MR) is 85.5 cm³/mol. The minimum absolute atomic E-state index is 0.156. The Morgan fingerprint density at radius 1 is 1.43 bits per heavy atom. The molecule has 3 rings (SSSR count). The van der Waals surface area contributed by atoms with Crippen LogP contribution in [0.4, 0.5) is 0 Å². The summed E-state index contributed by atoms with van der Waals surface area (Å²) in [4.78, 5) is 28.8. The minimum atomic E-state index is -1.10. The molecule has 1 aliphatic rings. The summed E-state index contributed by atoms with van der Waals surface area (Å²) in [6.07, 6.45) is 3.15. The average Bonchev–Trinajstić information content (AvgIpc) is 3.12. The van der Waals surface area contributed by atoms with E-state index in [2.05, 4.69) is 4.98 Å². The summed E-state index contributed by atoms with van der Waals surface area (Å²) in [7, 11) is 1.59. The number of hydrogen-bond acceptors (Lipinski definition) is 3. The van der Waals surface area contributed by atoms with E-state index in [0.717, 1.165) is 16.5 Å². The zero-order chi connectivity index (χ0) is 16.6. The Morgan fingerprint density at radius 2 is 2.22 bits per heavy atom. The zero-order valence-corrected chi connectivity index (χ0v) is 13.3. The lowest BCUT2D eigenvalue weighted by Crippen LogP contribution is -2.51. The topological polar surface area (TPSA) is 82.6 Å². The molecular formula is C17H20N2O4. The van der Waals surface area contributed by atoms with E-state index < -0.39 is 11.5 Å². The molecule has 0 spiro atoms. The van der Waals surface area contributed by atoms with Gasteiger partial charge in [0.05, 0.1) is 13.5 Å². The van der Waals surface area contributed by atoms with Crippen molar-refractivity contribution < 1.29 is 19.4 Å². The van der Waals surface area contributed by atoms with Crippen LogP contribution in [0.15, 0.2) is 24.4 Å². The number of carboxylic acid groups (broad SMARTS) is 1. The highest BCUT2D eigenvalue weighted by atomic mass is 16.5. The van der Waals surface area contributed by atoms with Gasteiger partial charge in [0.25, 0.3) is 0 Å². The van der Waals surface area contributed by atoms with Gasteiger partial charge in [-0.2, -0.15) is 0 Å². The van der Waals surface area contributed by atoms with Crippen molar-refractivity contribution in [3.63, 3.8) is 0 Å². The lowest BCUT2D eigenvalue weighted by Gasteiger charge is -2.31. The van der Waals surface area contributed by atoms with Crippen molar-refractivity contribution in [2.75, 3.05) is 13.7 Å². The maximum atomic E-state index is 12.7. The Kier molecular flexibility index (Phi) is 3.75. The number of fused-ring (bicyclic) bond motifs is 1. The summed E-state index contributed by atoms with van der Waals surface area (Å²) < 4.78 is 5.37. The van der Waals surface area contributed by atoms with Crippen molar-refractivity contribution in [3.05, 3.63) is 30.0 Å². The van der Waals surface area contributed by atoms with Crippen LogP contribution in [0.3, 0.4) is 0 Å². The highest BCUT2D eigenvalue weighted by Gasteiger charge is 2.45. The van der Waals surface area contributed by atoms with Gasteiger partial charge < -0.3 is 19.7 Å². The molecule has 0 radical (unpaired) electrons. The van der Waals surface area contributed by atoms with Gasteiger partial charge >= 0.3 is 5.97 Å². The molecule has 0 aliphatic carbocycles. The fourth-order valence-electron chi connectivity index (χ4n) is 3.37. The van der Waals surface area contributed by atoms with Crippen LogP contribution >= 0.6 is 0 Å². The standard InChI is InChI=1S/C17H20N2O4/c1-17(16(21)22)7-4-8-19(17)14(20)9-11-10-18-12-5-3-6-13(23-2)15(11)12/h3,5-6,10,18H,4,7-9H2,1-2H3,(H,21,22). The van der Waals surface area contributed by atoms with E-state index in [1.54, 1.807) is 20.2 Å². The largest absolute Gasteiger partial charge is 0.496 e. The number of rotatable bonds is 4. The first-order valence-electron chi connectivity index (χ1n) is 7.64. The fraction of sp³-hybridized carbons (Fsp3) is 0.412. The molecule has 122 valence electrons. The number of H-pyrrole nitrogens is 1. The number of aromatic amines is 1. The second-order valence-corrected chi connectivity index (χ2v) is 6.10. The number of likely N-dealkylation sites (tertiary alicyclic amines) is 1. The number of ether oxygens (including phenoxy) is 1. The third-order valence-electron chi connectivity index (χ3n) is 4.71. The molecule has 1 fully saturated rings. The molecule has 1 aliphatic heterocycles. The van der Waals surface area contributed by atoms with Gasteiger partial charge in [0.15, 0.2) is 0 Å². The van der Waals surface area contributed by atoms with Crippen LogP contribution in [-0.4, -0.2) is 46.1 Å². The summed E-state index contributed by atoms with van der Waals surface area (Å²) in [5.74, 6) is -0.409. The number of hydrogen-bond donors (Lipinski definition) is 2. The van der Waals surface area contributed by atoms with E-state index in [1.165, 1.54) is 4.90 Å². The summed E-state index contributed by atoms with van der Waals surface area (Å²) in [6.45, 7) is 2.11. The first kappa shape index (κ1) is 15.4. The summed E-state index contributed by atoms with van der Waals surface area (Å²) >= 11 is 0. The van der Waals surface area contributed by atoms with Crippen LogP contribution in [0.2, 0.25) is 0 Å². The number of aliphatic carboxylic acids is 1. The van der Waals surface area contributed by atoms with E-state index in [9.17, 15) is 14.7 Å². The number of amides is 1. The van der Waals surface area contributed by atoms with Crippen LogP contribution in [0.5, 0.6) is 5.75 Å². The van der Waals surface area contributed by atoms with Crippen molar-refractivity contribution in [1.82, 2.24) is 9.88 Å². The highest BCUT2D eigenvalue weighted by Crippen LogP contribution is 2.32. The van der Waals surface area contributed by atoms with Crippen LogP contribution in [-0.2, 0) is 16.0 Å². The van der Waals surface area contributed by atoms with Crippen LogP contribution < -0.4 is 4.74 Å². The van der Waals surface area contributed by atoms with Gasteiger partial charge in [-0.05, 0) is 37.5 Å². The molecule has 1 unspecified atom stereocenters. The second-order valence-electron chi connectivity index (χ2n) is 6.10. The number of benzene rings is 1. The van der Waals surface area contributed by atoms with Crippen molar-refractivity contribution in [3.8, 4) is 5.75 Å². The van der Waals surface area contributed by atoms with E-state index in [0.29, 0.717) is 25.1 Å². The van der Waals surface area contributed by atoms with Gasteiger partial charge in [0, 0.05) is 23.6 Å². The number of carbonyl (C=O) groups is 2. The molecule has 1 atom stereocenters. The maximum Gasteiger partial charge on any atom is 0.329 e. The fourth-order valence-corrected chi connectivity index (χ4v) is 3.37. The molecule has 23 heavy (non-hydrogen) atoms. The van der Waals surface area contributed by atoms with Crippen LogP contribution in [0.25, 0.3) is 10.9 Å². The lowest BCUT2D eigenvalue weighted by molar-refractivity contribution is -0.155. The molecule has 1 amide bonds. The maximum absolute atomic E-state index is 12.7. The summed E-state index contributed by atoms with van der Waals surface area (Å²) in [5, 5.41) is 10.3. The molecule has 2 N–H and O–H groups in total. The van der Waals surface area contributed by atoms with E-state index in [4.69, 9.17) is 4.74 Å². The number of nitrogens with one attached hydrogen (secondary N) is 1. The van der Waals surface area contributed by atoms with Crippen molar-refractivity contribution in [2.24, 2.45) is 0 Å². The smallest absolute Gasteiger partial charge is 0.329 e. The number of nitrogens with zero attached hydrogens (tertiary/aromatic N) is 1. The monoisotopic (exact) mass is 316 g/mol. The molecule has 6 heteroatoms. The Labute approximate surface area is 134 Å². The van der Waals surface area contributed by atoms with E-state index >= 15 is 0 Å². The lowest BCUT2D eigenvalue weighted by atomic mass is 9.98. The Morgan fingerprint density at radius 3 is 2.91 bits per heavy atom. The minimum Gasteiger partial charge on any atom is -0.496 e. The first-order valence-corrected chi connectivity index (χ1v) is 7.64. The summed E-state index contributed by atoms with van der Waals surface area (Å²) in [5.41, 5.74) is 0.615. The predicted octanol–water partition coefficient (Wildman–Crippen LogP) is 2.18. The van der Waals surface area contributed by atoms with Gasteiger partial charge in [-0.3, -0.25) is 4.79 Å².